The zero-order chi connectivity index (χ0) is 13.9. The summed E-state index contributed by atoms with van der Waals surface area (Å²) >= 11 is 0. The van der Waals surface area contributed by atoms with E-state index in [-0.39, 0.29) is 0 Å². The van der Waals surface area contributed by atoms with Gasteiger partial charge in [0, 0.05) is 25.8 Å². The van der Waals surface area contributed by atoms with Gasteiger partial charge >= 0.3 is 0 Å². The van der Waals surface area contributed by atoms with Crippen molar-refractivity contribution in [3.8, 4) is 5.75 Å². The summed E-state index contributed by atoms with van der Waals surface area (Å²) in [6.07, 6.45) is 3.58. The van der Waals surface area contributed by atoms with E-state index < -0.39 is 0 Å². The molecule has 1 N–H and O–H groups in total. The van der Waals surface area contributed by atoms with Gasteiger partial charge in [0.2, 0.25) is 0 Å². The smallest absolute Gasteiger partial charge is 0.126 e. The van der Waals surface area contributed by atoms with Crippen molar-refractivity contribution in [2.75, 3.05) is 26.9 Å². The van der Waals surface area contributed by atoms with Gasteiger partial charge in [-0.05, 0) is 18.9 Å². The summed E-state index contributed by atoms with van der Waals surface area (Å²) in [6, 6.07) is 6.32. The lowest BCUT2D eigenvalue weighted by atomic mass is 10.1. The van der Waals surface area contributed by atoms with Crippen LogP contribution < -0.4 is 10.1 Å². The first-order chi connectivity index (χ1) is 9.29. The van der Waals surface area contributed by atoms with E-state index in [0.29, 0.717) is 0 Å². The lowest BCUT2D eigenvalue weighted by Gasteiger charge is -2.14. The summed E-state index contributed by atoms with van der Waals surface area (Å²) in [5.74, 6) is 1.04. The average Bonchev–Trinajstić information content (AvgIpc) is 2.42. The van der Waals surface area contributed by atoms with Gasteiger partial charge in [0.1, 0.15) is 5.75 Å². The monoisotopic (exact) mass is 265 g/mol. The van der Waals surface area contributed by atoms with Gasteiger partial charge in [0.25, 0.3) is 0 Å². The van der Waals surface area contributed by atoms with Crippen LogP contribution >= 0.6 is 0 Å². The predicted octanol–water partition coefficient (Wildman–Crippen LogP) is 3.30. The number of nitrogens with one attached hydrogen (secondary N) is 1. The van der Waals surface area contributed by atoms with Crippen LogP contribution in [0.25, 0.3) is 0 Å². The Balaban J connectivity index is 2.51. The zero-order valence-electron chi connectivity index (χ0n) is 12.5. The number of ether oxygens (including phenoxy) is 2. The molecule has 1 rings (SSSR count). The number of benzene rings is 1. The maximum atomic E-state index is 5.96. The number of hydrogen-bond acceptors (Lipinski definition) is 3. The number of hydrogen-bond donors (Lipinski definition) is 1. The predicted molar refractivity (Wildman–Crippen MR) is 79.8 cm³/mol. The first-order valence-electron chi connectivity index (χ1n) is 7.20. The maximum absolute atomic E-state index is 5.96. The van der Waals surface area contributed by atoms with E-state index in [0.717, 1.165) is 38.5 Å². The van der Waals surface area contributed by atoms with Crippen molar-refractivity contribution in [3.63, 3.8) is 0 Å². The quantitative estimate of drug-likeness (QED) is 0.658. The van der Waals surface area contributed by atoms with Crippen LogP contribution in [0.5, 0.6) is 5.75 Å². The Bertz CT molecular complexity index is 353. The van der Waals surface area contributed by atoms with Gasteiger partial charge in [-0.25, -0.2) is 0 Å². The van der Waals surface area contributed by atoms with Gasteiger partial charge < -0.3 is 14.8 Å². The van der Waals surface area contributed by atoms with Crippen molar-refractivity contribution in [2.45, 2.75) is 39.7 Å². The van der Waals surface area contributed by atoms with Crippen molar-refractivity contribution in [2.24, 2.45) is 0 Å². The third-order valence-electron chi connectivity index (χ3n) is 3.09. The fraction of sp³-hybridized carbons (Fsp3) is 0.625. The summed E-state index contributed by atoms with van der Waals surface area (Å²) in [5, 5.41) is 3.37. The van der Waals surface area contributed by atoms with Crippen LogP contribution in [0, 0.1) is 6.92 Å². The molecule has 0 heterocycles. The average molecular weight is 265 g/mol. The number of para-hydroxylation sites is 1. The van der Waals surface area contributed by atoms with Crippen molar-refractivity contribution in [3.05, 3.63) is 29.3 Å². The minimum absolute atomic E-state index is 0.735. The Kier molecular flexibility index (Phi) is 8.26. The fourth-order valence-electron chi connectivity index (χ4n) is 1.98. The van der Waals surface area contributed by atoms with E-state index in [4.69, 9.17) is 9.47 Å². The van der Waals surface area contributed by atoms with Crippen molar-refractivity contribution in [1.29, 1.82) is 0 Å². The minimum Gasteiger partial charge on any atom is -0.493 e. The summed E-state index contributed by atoms with van der Waals surface area (Å²) in [4.78, 5) is 0. The largest absolute Gasteiger partial charge is 0.493 e. The standard InChI is InChI=1S/C16H27NO2/c1-4-5-6-11-19-16-14(2)8-7-9-15(16)13-17-10-12-18-3/h7-9,17H,4-6,10-13H2,1-3H3. The van der Waals surface area contributed by atoms with E-state index in [1.54, 1.807) is 7.11 Å². The third-order valence-corrected chi connectivity index (χ3v) is 3.09. The second kappa shape index (κ2) is 9.82. The molecule has 3 nitrogen and oxygen atoms in total. The highest BCUT2D eigenvalue weighted by Crippen LogP contribution is 2.23. The highest BCUT2D eigenvalue weighted by atomic mass is 16.5. The molecule has 0 amide bonds. The van der Waals surface area contributed by atoms with Crippen LogP contribution in [-0.4, -0.2) is 26.9 Å². The molecule has 0 spiro atoms. The molecule has 19 heavy (non-hydrogen) atoms. The molecule has 0 saturated carbocycles. The molecule has 108 valence electrons. The Labute approximate surface area is 117 Å². The van der Waals surface area contributed by atoms with E-state index in [9.17, 15) is 0 Å². The molecule has 0 aromatic heterocycles. The number of rotatable bonds is 10. The Morgan fingerprint density at radius 1 is 1.16 bits per heavy atom. The molecule has 0 aliphatic carbocycles. The first kappa shape index (κ1) is 16.0. The highest BCUT2D eigenvalue weighted by Gasteiger charge is 2.06. The third kappa shape index (κ3) is 6.08. The Morgan fingerprint density at radius 2 is 2.00 bits per heavy atom. The molecule has 1 aromatic carbocycles. The lowest BCUT2D eigenvalue weighted by molar-refractivity contribution is 0.199. The van der Waals surface area contributed by atoms with Crippen LogP contribution in [-0.2, 0) is 11.3 Å². The number of methoxy groups -OCH3 is 1. The van der Waals surface area contributed by atoms with Crippen LogP contribution in [0.4, 0.5) is 0 Å². The molecule has 0 atom stereocenters. The van der Waals surface area contributed by atoms with Gasteiger partial charge in [0.15, 0.2) is 0 Å². The van der Waals surface area contributed by atoms with Gasteiger partial charge in [-0.15, -0.1) is 0 Å². The molecule has 0 saturated heterocycles. The number of aryl methyl sites for hydroxylation is 1. The van der Waals surface area contributed by atoms with Gasteiger partial charge in [-0.2, -0.15) is 0 Å². The van der Waals surface area contributed by atoms with E-state index in [2.05, 4.69) is 37.4 Å². The van der Waals surface area contributed by atoms with Gasteiger partial charge in [-0.3, -0.25) is 0 Å². The maximum Gasteiger partial charge on any atom is 0.126 e. The Hall–Kier alpha value is -1.06. The van der Waals surface area contributed by atoms with E-state index in [1.165, 1.54) is 24.0 Å². The van der Waals surface area contributed by atoms with E-state index in [1.807, 2.05) is 0 Å². The van der Waals surface area contributed by atoms with Crippen molar-refractivity contribution < 1.29 is 9.47 Å². The second-order valence-corrected chi connectivity index (χ2v) is 4.79. The van der Waals surface area contributed by atoms with Crippen molar-refractivity contribution in [1.82, 2.24) is 5.32 Å². The topological polar surface area (TPSA) is 30.5 Å². The van der Waals surface area contributed by atoms with Crippen molar-refractivity contribution >= 4 is 0 Å². The van der Waals surface area contributed by atoms with E-state index >= 15 is 0 Å². The van der Waals surface area contributed by atoms with Crippen LogP contribution in [0.1, 0.15) is 37.3 Å². The summed E-state index contributed by atoms with van der Waals surface area (Å²) < 4.78 is 11.0. The second-order valence-electron chi connectivity index (χ2n) is 4.79. The minimum atomic E-state index is 0.735. The fourth-order valence-corrected chi connectivity index (χ4v) is 1.98. The SMILES string of the molecule is CCCCCOc1c(C)cccc1CNCCOC. The molecule has 0 fully saturated rings. The molecule has 0 aliphatic heterocycles. The Morgan fingerprint density at radius 3 is 2.74 bits per heavy atom. The zero-order valence-corrected chi connectivity index (χ0v) is 12.5. The molecule has 0 bridgehead atoms. The van der Waals surface area contributed by atoms with Gasteiger partial charge in [-0.1, -0.05) is 38.0 Å². The van der Waals surface area contributed by atoms with Crippen LogP contribution in [0.15, 0.2) is 18.2 Å². The molecule has 0 radical (unpaired) electrons. The highest BCUT2D eigenvalue weighted by molar-refractivity contribution is 5.40. The molecule has 0 unspecified atom stereocenters. The summed E-state index contributed by atoms with van der Waals surface area (Å²) in [7, 11) is 1.72. The molecular formula is C16H27NO2. The molecule has 3 heteroatoms. The van der Waals surface area contributed by atoms with Crippen LogP contribution in [0.3, 0.4) is 0 Å². The number of unbranched alkanes of at least 4 members (excludes halogenated alkanes) is 2. The van der Waals surface area contributed by atoms with Crippen LogP contribution in [0.2, 0.25) is 0 Å². The normalized spacial score (nSPS) is 10.7. The summed E-state index contributed by atoms with van der Waals surface area (Å²) in [5.41, 5.74) is 2.44. The molecule has 0 aliphatic rings. The first-order valence-corrected chi connectivity index (χ1v) is 7.20. The molecule has 1 aromatic rings. The summed E-state index contributed by atoms with van der Waals surface area (Å²) in [6.45, 7) is 7.54. The van der Waals surface area contributed by atoms with Gasteiger partial charge in [0.05, 0.1) is 13.2 Å². The lowest BCUT2D eigenvalue weighted by Crippen LogP contribution is -2.19. The molecular weight excluding hydrogens is 238 g/mol.